The third-order valence-electron chi connectivity index (χ3n) is 2.49. The van der Waals surface area contributed by atoms with E-state index < -0.39 is 0 Å². The number of hydrogen-bond acceptors (Lipinski definition) is 4. The SMILES string of the molecule is CCn1ncnc1CC(=O)CSc1ccccc1. The number of carbonyl (C=O) groups is 1. The van der Waals surface area contributed by atoms with Gasteiger partial charge in [-0.25, -0.2) is 9.67 Å². The number of ketones is 1. The van der Waals surface area contributed by atoms with Crippen LogP contribution >= 0.6 is 11.8 Å². The number of carbonyl (C=O) groups excluding carboxylic acids is 1. The molecule has 0 unspecified atom stereocenters. The monoisotopic (exact) mass is 261 g/mol. The van der Waals surface area contributed by atoms with Crippen LogP contribution in [-0.2, 0) is 17.8 Å². The summed E-state index contributed by atoms with van der Waals surface area (Å²) >= 11 is 1.56. The maximum Gasteiger partial charge on any atom is 0.150 e. The molecule has 0 saturated heterocycles. The maximum absolute atomic E-state index is 11.8. The van der Waals surface area contributed by atoms with E-state index in [4.69, 9.17) is 0 Å². The molecule has 1 heterocycles. The largest absolute Gasteiger partial charge is 0.298 e. The molecule has 1 aromatic carbocycles. The van der Waals surface area contributed by atoms with Gasteiger partial charge >= 0.3 is 0 Å². The first-order chi connectivity index (χ1) is 8.79. The van der Waals surface area contributed by atoms with E-state index in [-0.39, 0.29) is 5.78 Å². The Labute approximate surface area is 110 Å². The Morgan fingerprint density at radius 3 is 2.83 bits per heavy atom. The summed E-state index contributed by atoms with van der Waals surface area (Å²) in [4.78, 5) is 17.1. The molecular weight excluding hydrogens is 246 g/mol. The molecule has 2 rings (SSSR count). The summed E-state index contributed by atoms with van der Waals surface area (Å²) in [6.07, 6.45) is 1.85. The van der Waals surface area contributed by atoms with Crippen molar-refractivity contribution >= 4 is 17.5 Å². The van der Waals surface area contributed by atoms with Crippen LogP contribution in [-0.4, -0.2) is 26.3 Å². The van der Waals surface area contributed by atoms with Gasteiger partial charge in [0.25, 0.3) is 0 Å². The Balaban J connectivity index is 1.86. The molecule has 0 fully saturated rings. The van der Waals surface area contributed by atoms with Crippen molar-refractivity contribution in [3.05, 3.63) is 42.5 Å². The highest BCUT2D eigenvalue weighted by atomic mass is 32.2. The number of aryl methyl sites for hydroxylation is 1. The predicted octanol–water partition coefficient (Wildman–Crippen LogP) is 2.20. The lowest BCUT2D eigenvalue weighted by Crippen LogP contribution is -2.12. The summed E-state index contributed by atoms with van der Waals surface area (Å²) in [7, 11) is 0. The predicted molar refractivity (Wildman–Crippen MR) is 71.6 cm³/mol. The first-order valence-electron chi connectivity index (χ1n) is 5.86. The summed E-state index contributed by atoms with van der Waals surface area (Å²) in [6.45, 7) is 2.73. The minimum Gasteiger partial charge on any atom is -0.298 e. The average molecular weight is 261 g/mol. The quantitative estimate of drug-likeness (QED) is 0.748. The van der Waals surface area contributed by atoms with Crippen LogP contribution in [0, 0.1) is 0 Å². The van der Waals surface area contributed by atoms with Crippen LogP contribution in [0.3, 0.4) is 0 Å². The van der Waals surface area contributed by atoms with Gasteiger partial charge in [0.05, 0.1) is 12.2 Å². The van der Waals surface area contributed by atoms with E-state index in [1.54, 1.807) is 16.4 Å². The van der Waals surface area contributed by atoms with Gasteiger partial charge in [-0.15, -0.1) is 11.8 Å². The molecule has 0 aliphatic carbocycles. The molecule has 0 saturated carbocycles. The van der Waals surface area contributed by atoms with Crippen molar-refractivity contribution in [1.29, 1.82) is 0 Å². The van der Waals surface area contributed by atoms with Gasteiger partial charge in [-0.3, -0.25) is 4.79 Å². The zero-order valence-corrected chi connectivity index (χ0v) is 11.1. The van der Waals surface area contributed by atoms with E-state index in [9.17, 15) is 4.79 Å². The summed E-state index contributed by atoms with van der Waals surface area (Å²) in [5, 5.41) is 4.05. The topological polar surface area (TPSA) is 47.8 Å². The van der Waals surface area contributed by atoms with E-state index in [1.165, 1.54) is 6.33 Å². The van der Waals surface area contributed by atoms with Crippen molar-refractivity contribution in [1.82, 2.24) is 14.8 Å². The minimum atomic E-state index is 0.173. The normalized spacial score (nSPS) is 10.5. The van der Waals surface area contributed by atoms with Gasteiger partial charge in [-0.1, -0.05) is 18.2 Å². The van der Waals surface area contributed by atoms with Gasteiger partial charge < -0.3 is 0 Å². The lowest BCUT2D eigenvalue weighted by atomic mass is 10.3. The summed E-state index contributed by atoms with van der Waals surface area (Å²) in [5.41, 5.74) is 0. The van der Waals surface area contributed by atoms with E-state index in [0.717, 1.165) is 17.3 Å². The molecule has 0 bridgehead atoms. The lowest BCUT2D eigenvalue weighted by molar-refractivity contribution is -0.116. The van der Waals surface area contributed by atoms with Crippen LogP contribution in [0.4, 0.5) is 0 Å². The second kappa shape index (κ2) is 6.35. The van der Waals surface area contributed by atoms with Gasteiger partial charge in [0, 0.05) is 11.4 Å². The summed E-state index contributed by atoms with van der Waals surface area (Å²) in [5.74, 6) is 1.39. The zero-order chi connectivity index (χ0) is 12.8. The summed E-state index contributed by atoms with van der Waals surface area (Å²) < 4.78 is 1.76. The highest BCUT2D eigenvalue weighted by Gasteiger charge is 2.09. The minimum absolute atomic E-state index is 0.173. The standard InChI is InChI=1S/C13H15N3OS/c1-2-16-13(14-10-15-16)8-11(17)9-18-12-6-4-3-5-7-12/h3-7,10H,2,8-9H2,1H3. The van der Waals surface area contributed by atoms with Gasteiger partial charge in [-0.2, -0.15) is 5.10 Å². The first-order valence-corrected chi connectivity index (χ1v) is 6.84. The smallest absolute Gasteiger partial charge is 0.150 e. The second-order valence-electron chi connectivity index (χ2n) is 3.81. The molecule has 94 valence electrons. The number of Topliss-reactive ketones (excluding diaryl/α,β-unsaturated/α-hetero) is 1. The van der Waals surface area contributed by atoms with E-state index >= 15 is 0 Å². The number of thioether (sulfide) groups is 1. The Morgan fingerprint density at radius 1 is 1.33 bits per heavy atom. The van der Waals surface area contributed by atoms with E-state index in [2.05, 4.69) is 10.1 Å². The fourth-order valence-electron chi connectivity index (χ4n) is 1.60. The molecule has 0 radical (unpaired) electrons. The summed E-state index contributed by atoms with van der Waals surface area (Å²) in [6, 6.07) is 9.93. The van der Waals surface area contributed by atoms with Crippen LogP contribution in [0.2, 0.25) is 0 Å². The Morgan fingerprint density at radius 2 is 2.11 bits per heavy atom. The Bertz CT molecular complexity index is 510. The van der Waals surface area contributed by atoms with Crippen LogP contribution in [0.25, 0.3) is 0 Å². The van der Waals surface area contributed by atoms with Crippen LogP contribution < -0.4 is 0 Å². The molecule has 0 amide bonds. The van der Waals surface area contributed by atoms with Crippen LogP contribution in [0.15, 0.2) is 41.6 Å². The molecule has 18 heavy (non-hydrogen) atoms. The van der Waals surface area contributed by atoms with Crippen molar-refractivity contribution in [3.63, 3.8) is 0 Å². The fourth-order valence-corrected chi connectivity index (χ4v) is 2.38. The second-order valence-corrected chi connectivity index (χ2v) is 4.86. The molecule has 0 aliphatic heterocycles. The number of nitrogens with zero attached hydrogens (tertiary/aromatic N) is 3. The Kier molecular flexibility index (Phi) is 4.52. The zero-order valence-electron chi connectivity index (χ0n) is 10.2. The number of hydrogen-bond donors (Lipinski definition) is 0. The average Bonchev–Trinajstić information content (AvgIpc) is 2.85. The Hall–Kier alpha value is -1.62. The third kappa shape index (κ3) is 3.43. The van der Waals surface area contributed by atoms with Gasteiger partial charge in [0.2, 0.25) is 0 Å². The highest BCUT2D eigenvalue weighted by Crippen LogP contribution is 2.17. The number of aromatic nitrogens is 3. The van der Waals surface area contributed by atoms with Crippen molar-refractivity contribution in [2.45, 2.75) is 24.8 Å². The number of rotatable bonds is 6. The van der Waals surface area contributed by atoms with E-state index in [1.807, 2.05) is 37.3 Å². The van der Waals surface area contributed by atoms with Crippen molar-refractivity contribution < 1.29 is 4.79 Å². The molecule has 0 N–H and O–H groups in total. The molecule has 1 aromatic heterocycles. The van der Waals surface area contributed by atoms with Crippen LogP contribution in [0.5, 0.6) is 0 Å². The van der Waals surface area contributed by atoms with Gasteiger partial charge in [0.1, 0.15) is 12.2 Å². The first kappa shape index (κ1) is 12.8. The number of benzene rings is 1. The highest BCUT2D eigenvalue weighted by molar-refractivity contribution is 8.00. The molecule has 4 nitrogen and oxygen atoms in total. The molecule has 5 heteroatoms. The fraction of sp³-hybridized carbons (Fsp3) is 0.308. The molecule has 0 spiro atoms. The van der Waals surface area contributed by atoms with E-state index in [0.29, 0.717) is 12.2 Å². The molecular formula is C13H15N3OS. The van der Waals surface area contributed by atoms with Crippen molar-refractivity contribution in [2.24, 2.45) is 0 Å². The molecule has 2 aromatic rings. The maximum atomic E-state index is 11.8. The van der Waals surface area contributed by atoms with Crippen molar-refractivity contribution in [2.75, 3.05) is 5.75 Å². The lowest BCUT2D eigenvalue weighted by Gasteiger charge is -2.03. The third-order valence-corrected chi connectivity index (χ3v) is 3.57. The van der Waals surface area contributed by atoms with Crippen LogP contribution in [0.1, 0.15) is 12.7 Å². The van der Waals surface area contributed by atoms with Gasteiger partial charge in [0.15, 0.2) is 5.78 Å². The molecule has 0 atom stereocenters. The molecule has 0 aliphatic rings. The van der Waals surface area contributed by atoms with Crippen molar-refractivity contribution in [3.8, 4) is 0 Å². The van der Waals surface area contributed by atoms with Gasteiger partial charge in [-0.05, 0) is 19.1 Å².